The molecule has 0 amide bonds. The average molecular weight is 453 g/mol. The van der Waals surface area contributed by atoms with Gasteiger partial charge < -0.3 is 5.73 Å². The first-order valence-corrected chi connectivity index (χ1v) is 9.94. The summed E-state index contributed by atoms with van der Waals surface area (Å²) in [4.78, 5) is 42.9. The van der Waals surface area contributed by atoms with Crippen LogP contribution < -0.4 is 5.73 Å². The summed E-state index contributed by atoms with van der Waals surface area (Å²) >= 11 is 0. The summed E-state index contributed by atoms with van der Waals surface area (Å²) in [7, 11) is 0. The molecule has 0 radical (unpaired) electrons. The standard InChI is InChI=1S/C9H15N3O2.C9H17N3.2CO2/c1-5-8-9(12(13)14)7(4)10-11(8)6(2)3;1-5-8-9(10)7(4)11-12(8)6(2)3;2*2-1-3/h6H,5H2,1-4H3;6H,5,10H2,1-4H3;;. The summed E-state index contributed by atoms with van der Waals surface area (Å²) in [6.45, 7) is 15.8. The maximum absolute atomic E-state index is 10.8. The SMILES string of the molecule is CCc1c(N)c(C)nn1C(C)C.CCc1c([N+](=O)[O-])c(C)nn1C(C)C.O=C=O.O=C=O. The Hall–Kier alpha value is -3.62. The maximum atomic E-state index is 10.8. The van der Waals surface area contributed by atoms with Crippen molar-refractivity contribution in [2.45, 2.75) is 80.3 Å². The molecule has 2 aromatic heterocycles. The minimum absolute atomic E-state index is 0.164. The van der Waals surface area contributed by atoms with Crippen molar-refractivity contribution in [3.05, 3.63) is 32.9 Å². The fraction of sp³-hybridized carbons (Fsp3) is 0.600. The van der Waals surface area contributed by atoms with E-state index in [2.05, 4.69) is 31.0 Å². The number of nitro groups is 1. The molecule has 178 valence electrons. The molecule has 32 heavy (non-hydrogen) atoms. The quantitative estimate of drug-likeness (QED) is 0.528. The smallest absolute Gasteiger partial charge is 0.373 e. The molecule has 0 aliphatic rings. The molecule has 2 heterocycles. The molecular weight excluding hydrogens is 420 g/mol. The van der Waals surface area contributed by atoms with Gasteiger partial charge in [0.15, 0.2) is 0 Å². The normalized spacial score (nSPS) is 9.44. The number of aryl methyl sites for hydroxylation is 2. The second-order valence-corrected chi connectivity index (χ2v) is 7.03. The first-order chi connectivity index (χ1) is 14.9. The van der Waals surface area contributed by atoms with Crippen LogP contribution in [0, 0.1) is 24.0 Å². The Morgan fingerprint density at radius 2 is 1.22 bits per heavy atom. The van der Waals surface area contributed by atoms with Gasteiger partial charge in [-0.2, -0.15) is 29.4 Å². The van der Waals surface area contributed by atoms with Crippen LogP contribution in [0.3, 0.4) is 0 Å². The largest absolute Gasteiger partial charge is 0.396 e. The van der Waals surface area contributed by atoms with Gasteiger partial charge in [0.05, 0.1) is 22.0 Å². The van der Waals surface area contributed by atoms with Crippen LogP contribution in [0.15, 0.2) is 0 Å². The van der Waals surface area contributed by atoms with Crippen LogP contribution >= 0.6 is 0 Å². The van der Waals surface area contributed by atoms with E-state index in [1.54, 1.807) is 11.6 Å². The van der Waals surface area contributed by atoms with Gasteiger partial charge in [-0.3, -0.25) is 19.5 Å². The second kappa shape index (κ2) is 15.2. The lowest BCUT2D eigenvalue weighted by molar-refractivity contribution is -0.386. The van der Waals surface area contributed by atoms with Crippen molar-refractivity contribution in [3.63, 3.8) is 0 Å². The molecule has 0 unspecified atom stereocenters. The van der Waals surface area contributed by atoms with E-state index in [0.717, 1.165) is 23.5 Å². The molecule has 0 aromatic carbocycles. The van der Waals surface area contributed by atoms with Crippen LogP contribution in [-0.2, 0) is 32.0 Å². The number of nitrogens with two attached hydrogens (primary N) is 1. The van der Waals surface area contributed by atoms with Crippen molar-refractivity contribution in [1.82, 2.24) is 19.6 Å². The Labute approximate surface area is 186 Å². The van der Waals surface area contributed by atoms with Crippen molar-refractivity contribution in [1.29, 1.82) is 0 Å². The molecule has 0 saturated carbocycles. The van der Waals surface area contributed by atoms with E-state index >= 15 is 0 Å². The highest BCUT2D eigenvalue weighted by atomic mass is 16.6. The summed E-state index contributed by atoms with van der Waals surface area (Å²) in [6, 6.07) is 0.563. The van der Waals surface area contributed by atoms with Crippen LogP contribution in [0.25, 0.3) is 0 Å². The van der Waals surface area contributed by atoms with Crippen LogP contribution in [0.2, 0.25) is 0 Å². The molecule has 0 atom stereocenters. The highest BCUT2D eigenvalue weighted by Gasteiger charge is 2.24. The molecule has 0 bridgehead atoms. The van der Waals surface area contributed by atoms with Gasteiger partial charge in [-0.1, -0.05) is 13.8 Å². The Kier molecular flexibility index (Phi) is 14.5. The van der Waals surface area contributed by atoms with E-state index in [-0.39, 0.29) is 29.0 Å². The number of nitrogen functional groups attached to an aromatic ring is 1. The van der Waals surface area contributed by atoms with E-state index in [1.165, 1.54) is 0 Å². The van der Waals surface area contributed by atoms with E-state index in [4.69, 9.17) is 24.9 Å². The van der Waals surface area contributed by atoms with Crippen molar-refractivity contribution in [2.75, 3.05) is 5.73 Å². The summed E-state index contributed by atoms with van der Waals surface area (Å²) in [6.07, 6.45) is 2.08. The molecule has 0 fully saturated rings. The van der Waals surface area contributed by atoms with Gasteiger partial charge in [0.2, 0.25) is 0 Å². The van der Waals surface area contributed by atoms with Gasteiger partial charge in [-0.25, -0.2) is 0 Å². The lowest BCUT2D eigenvalue weighted by Gasteiger charge is -2.09. The number of carbonyl (C=O) groups excluding carboxylic acids is 4. The third kappa shape index (κ3) is 8.63. The predicted molar refractivity (Wildman–Crippen MR) is 115 cm³/mol. The van der Waals surface area contributed by atoms with Crippen molar-refractivity contribution < 1.29 is 24.1 Å². The monoisotopic (exact) mass is 452 g/mol. The molecule has 0 spiro atoms. The number of rotatable bonds is 5. The van der Waals surface area contributed by atoms with E-state index in [9.17, 15) is 10.1 Å². The molecule has 12 nitrogen and oxygen atoms in total. The Balaban J connectivity index is 0. The summed E-state index contributed by atoms with van der Waals surface area (Å²) < 4.78 is 3.73. The molecule has 2 rings (SSSR count). The zero-order valence-electron chi connectivity index (χ0n) is 19.8. The van der Waals surface area contributed by atoms with E-state index in [0.29, 0.717) is 23.9 Å². The second-order valence-electron chi connectivity index (χ2n) is 7.03. The van der Waals surface area contributed by atoms with E-state index in [1.807, 2.05) is 32.4 Å². The minimum atomic E-state index is -0.347. The molecule has 12 heteroatoms. The predicted octanol–water partition coefficient (Wildman–Crippen LogP) is 2.99. The van der Waals surface area contributed by atoms with Gasteiger partial charge >= 0.3 is 18.0 Å². The highest BCUT2D eigenvalue weighted by Crippen LogP contribution is 2.25. The topological polar surface area (TPSA) is 173 Å². The lowest BCUT2D eigenvalue weighted by Crippen LogP contribution is -2.07. The van der Waals surface area contributed by atoms with Crippen molar-refractivity contribution >= 4 is 23.7 Å². The number of aromatic nitrogens is 4. The van der Waals surface area contributed by atoms with Gasteiger partial charge in [-0.15, -0.1) is 0 Å². The fourth-order valence-electron chi connectivity index (χ4n) is 2.97. The Morgan fingerprint density at radius 3 is 1.50 bits per heavy atom. The van der Waals surface area contributed by atoms with Gasteiger partial charge in [0.25, 0.3) is 0 Å². The molecule has 2 N–H and O–H groups in total. The molecule has 0 aliphatic heterocycles. The van der Waals surface area contributed by atoms with Crippen LogP contribution in [0.4, 0.5) is 11.4 Å². The number of hydrogen-bond acceptors (Lipinski definition) is 9. The van der Waals surface area contributed by atoms with Crippen molar-refractivity contribution in [3.8, 4) is 0 Å². The number of anilines is 1. The van der Waals surface area contributed by atoms with Gasteiger partial charge in [-0.05, 0) is 54.4 Å². The average Bonchev–Trinajstić information content (AvgIpc) is 3.20. The summed E-state index contributed by atoms with van der Waals surface area (Å²) in [5, 5.41) is 19.3. The Bertz CT molecular complexity index is 921. The van der Waals surface area contributed by atoms with Gasteiger partial charge in [0, 0.05) is 12.1 Å². The van der Waals surface area contributed by atoms with Crippen LogP contribution in [0.5, 0.6) is 0 Å². The lowest BCUT2D eigenvalue weighted by atomic mass is 10.2. The summed E-state index contributed by atoms with van der Waals surface area (Å²) in [5.74, 6) is 0. The highest BCUT2D eigenvalue weighted by molar-refractivity contribution is 5.47. The zero-order chi connectivity index (χ0) is 25.6. The van der Waals surface area contributed by atoms with Crippen LogP contribution in [0.1, 0.15) is 76.4 Å². The molecule has 0 aliphatic carbocycles. The first kappa shape index (κ1) is 30.6. The third-order valence-electron chi connectivity index (χ3n) is 4.22. The number of nitrogens with zero attached hydrogens (tertiary/aromatic N) is 5. The molecule has 0 saturated heterocycles. The fourth-order valence-corrected chi connectivity index (χ4v) is 2.97. The molecular formula is C20H32N6O6. The van der Waals surface area contributed by atoms with E-state index < -0.39 is 0 Å². The van der Waals surface area contributed by atoms with Crippen molar-refractivity contribution in [2.24, 2.45) is 0 Å². The Morgan fingerprint density at radius 1 is 0.875 bits per heavy atom. The summed E-state index contributed by atoms with van der Waals surface area (Å²) in [5.41, 5.74) is 10.2. The maximum Gasteiger partial charge on any atom is 0.373 e. The van der Waals surface area contributed by atoms with Gasteiger partial charge in [0.1, 0.15) is 11.4 Å². The minimum Gasteiger partial charge on any atom is -0.396 e. The van der Waals surface area contributed by atoms with Crippen LogP contribution in [-0.4, -0.2) is 36.8 Å². The zero-order valence-corrected chi connectivity index (χ0v) is 19.8. The third-order valence-corrected chi connectivity index (χ3v) is 4.22. The number of hydrogen-bond donors (Lipinski definition) is 1. The molecule has 2 aromatic rings. The first-order valence-electron chi connectivity index (χ1n) is 9.94.